The van der Waals surface area contributed by atoms with Gasteiger partial charge >= 0.3 is 0 Å². The van der Waals surface area contributed by atoms with Gasteiger partial charge in [0.2, 0.25) is 5.91 Å². The van der Waals surface area contributed by atoms with Gasteiger partial charge in [-0.25, -0.2) is 0 Å². The molecule has 0 unspecified atom stereocenters. The predicted molar refractivity (Wildman–Crippen MR) is 125 cm³/mol. The highest BCUT2D eigenvalue weighted by Crippen LogP contribution is 2.23. The first-order valence-electron chi connectivity index (χ1n) is 10.9. The second-order valence-electron chi connectivity index (χ2n) is 7.98. The molecule has 6 heteroatoms. The fourth-order valence-corrected chi connectivity index (χ4v) is 4.13. The van der Waals surface area contributed by atoms with E-state index in [-0.39, 0.29) is 17.9 Å². The maximum atomic E-state index is 12.7. The van der Waals surface area contributed by atoms with Gasteiger partial charge in [-0.15, -0.1) is 0 Å². The summed E-state index contributed by atoms with van der Waals surface area (Å²) in [5, 5.41) is 13.0. The molecule has 1 fully saturated rings. The first kappa shape index (κ1) is 21.4. The van der Waals surface area contributed by atoms with Crippen molar-refractivity contribution in [2.24, 2.45) is 0 Å². The molecular weight excluding hydrogens is 400 g/mol. The zero-order valence-electron chi connectivity index (χ0n) is 17.9. The lowest BCUT2D eigenvalue weighted by Gasteiger charge is -2.31. The molecule has 1 aliphatic rings. The van der Waals surface area contributed by atoms with Crippen LogP contribution in [0.15, 0.2) is 66.9 Å². The number of nitrogens with one attached hydrogen (secondary N) is 1. The van der Waals surface area contributed by atoms with Crippen molar-refractivity contribution in [1.29, 1.82) is 5.26 Å². The largest absolute Gasteiger partial charge is 0.349 e. The molecule has 1 saturated heterocycles. The number of piperidine rings is 1. The number of amides is 2. The molecule has 6 nitrogen and oxygen atoms in total. The summed E-state index contributed by atoms with van der Waals surface area (Å²) < 4.78 is 2.06. The summed E-state index contributed by atoms with van der Waals surface area (Å²) in [6, 6.07) is 19.5. The molecule has 2 amide bonds. The zero-order valence-corrected chi connectivity index (χ0v) is 17.9. The third-order valence-corrected chi connectivity index (χ3v) is 5.87. The zero-order chi connectivity index (χ0) is 22.3. The Hall–Kier alpha value is -3.85. The molecule has 0 spiro atoms. The van der Waals surface area contributed by atoms with Crippen LogP contribution >= 0.6 is 0 Å². The minimum atomic E-state index is -0.0666. The van der Waals surface area contributed by atoms with Crippen LogP contribution in [0, 0.1) is 11.3 Å². The Bertz CT molecular complexity index is 1170. The second-order valence-corrected chi connectivity index (χ2v) is 7.98. The van der Waals surface area contributed by atoms with Gasteiger partial charge in [0.1, 0.15) is 0 Å². The van der Waals surface area contributed by atoms with Crippen LogP contribution in [-0.4, -0.2) is 40.4 Å². The molecule has 2 aromatic carbocycles. The first-order chi connectivity index (χ1) is 15.7. The lowest BCUT2D eigenvalue weighted by molar-refractivity contribution is -0.126. The SMILES string of the molecule is N#CCCn1cc(/C=C/C(=O)N2CCC(NC(=O)c3ccccc3)CC2)c2ccccc21. The number of benzene rings is 2. The fourth-order valence-electron chi connectivity index (χ4n) is 4.13. The minimum absolute atomic E-state index is 0.0216. The molecule has 2 heterocycles. The number of fused-ring (bicyclic) bond motifs is 1. The van der Waals surface area contributed by atoms with E-state index >= 15 is 0 Å². The quantitative estimate of drug-likeness (QED) is 0.606. The Balaban J connectivity index is 1.35. The van der Waals surface area contributed by atoms with E-state index in [9.17, 15) is 9.59 Å². The summed E-state index contributed by atoms with van der Waals surface area (Å²) in [5.41, 5.74) is 2.68. The molecule has 0 atom stereocenters. The Morgan fingerprint density at radius 1 is 1.06 bits per heavy atom. The van der Waals surface area contributed by atoms with Gasteiger partial charge in [0.25, 0.3) is 5.91 Å². The normalized spacial score (nSPS) is 14.5. The highest BCUT2D eigenvalue weighted by atomic mass is 16.2. The number of nitriles is 1. The summed E-state index contributed by atoms with van der Waals surface area (Å²) in [6.07, 6.45) is 7.40. The second kappa shape index (κ2) is 9.97. The van der Waals surface area contributed by atoms with Crippen LogP contribution in [-0.2, 0) is 11.3 Å². The van der Waals surface area contributed by atoms with Gasteiger partial charge < -0.3 is 14.8 Å². The summed E-state index contributed by atoms with van der Waals surface area (Å²) in [5.74, 6) is -0.0882. The van der Waals surface area contributed by atoms with Gasteiger partial charge in [0, 0.05) is 60.0 Å². The molecule has 162 valence electrons. The molecule has 0 aliphatic carbocycles. The van der Waals surface area contributed by atoms with Gasteiger partial charge in [-0.05, 0) is 37.1 Å². The Kier molecular flexibility index (Phi) is 6.66. The van der Waals surface area contributed by atoms with E-state index in [0.29, 0.717) is 31.6 Å². The molecule has 1 aliphatic heterocycles. The number of carbonyl (C=O) groups excluding carboxylic acids is 2. The molecule has 1 N–H and O–H groups in total. The van der Waals surface area contributed by atoms with E-state index < -0.39 is 0 Å². The number of hydrogen-bond donors (Lipinski definition) is 1. The van der Waals surface area contributed by atoms with E-state index in [1.165, 1.54) is 0 Å². The smallest absolute Gasteiger partial charge is 0.251 e. The highest BCUT2D eigenvalue weighted by Gasteiger charge is 2.23. The fraction of sp³-hybridized carbons (Fsp3) is 0.269. The van der Waals surface area contributed by atoms with Crippen LogP contribution in [0.25, 0.3) is 17.0 Å². The maximum Gasteiger partial charge on any atom is 0.251 e. The third-order valence-electron chi connectivity index (χ3n) is 5.87. The lowest BCUT2D eigenvalue weighted by Crippen LogP contribution is -2.46. The van der Waals surface area contributed by atoms with Gasteiger partial charge in [-0.2, -0.15) is 5.26 Å². The Morgan fingerprint density at radius 3 is 2.53 bits per heavy atom. The number of para-hydroxylation sites is 1. The average molecular weight is 427 g/mol. The number of likely N-dealkylation sites (tertiary alicyclic amines) is 1. The van der Waals surface area contributed by atoms with Crippen molar-refractivity contribution in [3.63, 3.8) is 0 Å². The van der Waals surface area contributed by atoms with Crippen LogP contribution in [0.5, 0.6) is 0 Å². The first-order valence-corrected chi connectivity index (χ1v) is 10.9. The Morgan fingerprint density at radius 2 is 1.78 bits per heavy atom. The van der Waals surface area contributed by atoms with E-state index in [4.69, 9.17) is 5.26 Å². The molecule has 0 radical (unpaired) electrons. The van der Waals surface area contributed by atoms with Crippen molar-refractivity contribution in [2.75, 3.05) is 13.1 Å². The lowest BCUT2D eigenvalue weighted by atomic mass is 10.0. The predicted octanol–water partition coefficient (Wildman–Crippen LogP) is 3.99. The van der Waals surface area contributed by atoms with Crippen LogP contribution < -0.4 is 5.32 Å². The maximum absolute atomic E-state index is 12.7. The van der Waals surface area contributed by atoms with Crippen LogP contribution in [0.4, 0.5) is 0 Å². The number of hydrogen-bond acceptors (Lipinski definition) is 3. The highest BCUT2D eigenvalue weighted by molar-refractivity contribution is 5.97. The molecule has 4 rings (SSSR count). The molecule has 1 aromatic heterocycles. The minimum Gasteiger partial charge on any atom is -0.349 e. The number of carbonyl (C=O) groups is 2. The third kappa shape index (κ3) is 4.89. The van der Waals surface area contributed by atoms with Gasteiger partial charge in [-0.1, -0.05) is 36.4 Å². The summed E-state index contributed by atoms with van der Waals surface area (Å²) >= 11 is 0. The number of aromatic nitrogens is 1. The van der Waals surface area contributed by atoms with Crippen molar-refractivity contribution in [2.45, 2.75) is 31.8 Å². The molecule has 0 bridgehead atoms. The average Bonchev–Trinajstić information content (AvgIpc) is 3.20. The van der Waals surface area contributed by atoms with E-state index in [1.54, 1.807) is 18.2 Å². The van der Waals surface area contributed by atoms with Crippen LogP contribution in [0.3, 0.4) is 0 Å². The van der Waals surface area contributed by atoms with Gasteiger partial charge in [0.15, 0.2) is 0 Å². The van der Waals surface area contributed by atoms with Crippen LogP contribution in [0.2, 0.25) is 0 Å². The molecular formula is C26H26N4O2. The van der Waals surface area contributed by atoms with E-state index in [2.05, 4.69) is 16.0 Å². The number of aryl methyl sites for hydroxylation is 1. The van der Waals surface area contributed by atoms with Crippen molar-refractivity contribution in [3.05, 3.63) is 78.0 Å². The molecule has 32 heavy (non-hydrogen) atoms. The van der Waals surface area contributed by atoms with Crippen LogP contribution in [0.1, 0.15) is 35.2 Å². The van der Waals surface area contributed by atoms with Gasteiger partial charge in [0.05, 0.1) is 12.5 Å². The van der Waals surface area contributed by atoms with Crippen molar-refractivity contribution < 1.29 is 9.59 Å². The number of rotatable bonds is 6. The standard InChI is InChI=1S/C26H26N4O2/c27-15-6-16-30-19-21(23-9-4-5-10-24(23)30)11-12-25(31)29-17-13-22(14-18-29)28-26(32)20-7-2-1-3-8-20/h1-5,7-12,19,22H,6,13-14,16-18H2,(H,28,32)/b12-11+. The number of nitrogens with zero attached hydrogens (tertiary/aromatic N) is 3. The topological polar surface area (TPSA) is 78.1 Å². The van der Waals surface area contributed by atoms with Crippen molar-refractivity contribution >= 4 is 28.8 Å². The van der Waals surface area contributed by atoms with Crippen molar-refractivity contribution in [3.8, 4) is 6.07 Å². The van der Waals surface area contributed by atoms with Crippen molar-refractivity contribution in [1.82, 2.24) is 14.8 Å². The van der Waals surface area contributed by atoms with Gasteiger partial charge in [-0.3, -0.25) is 9.59 Å². The van der Waals surface area contributed by atoms with E-state index in [0.717, 1.165) is 29.3 Å². The Labute approximate surface area is 187 Å². The monoisotopic (exact) mass is 426 g/mol. The van der Waals surface area contributed by atoms with E-state index in [1.807, 2.05) is 59.6 Å². The summed E-state index contributed by atoms with van der Waals surface area (Å²) in [7, 11) is 0. The molecule has 0 saturated carbocycles. The summed E-state index contributed by atoms with van der Waals surface area (Å²) in [4.78, 5) is 26.9. The molecule has 3 aromatic rings. The summed E-state index contributed by atoms with van der Waals surface area (Å²) in [6.45, 7) is 1.86.